The lowest BCUT2D eigenvalue weighted by Crippen LogP contribution is -2.54. The number of rotatable bonds is 7. The molecule has 0 unspecified atom stereocenters. The van der Waals surface area contributed by atoms with E-state index in [4.69, 9.17) is 4.74 Å². The summed E-state index contributed by atoms with van der Waals surface area (Å²) in [6, 6.07) is 1.23. The number of hydrogen-bond donors (Lipinski definition) is 1. The zero-order chi connectivity index (χ0) is 22.1. The molecule has 2 atom stereocenters. The summed E-state index contributed by atoms with van der Waals surface area (Å²) in [4.78, 5) is 51.0. The van der Waals surface area contributed by atoms with Crippen molar-refractivity contribution in [3.63, 3.8) is 0 Å². The molecule has 1 saturated carbocycles. The molecule has 3 rings (SSSR count). The molecule has 1 N–H and O–H groups in total. The number of aryl methyl sites for hydroxylation is 1. The highest BCUT2D eigenvalue weighted by Crippen LogP contribution is 2.38. The minimum Gasteiger partial charge on any atom is -0.456 e. The van der Waals surface area contributed by atoms with Crippen LogP contribution < -0.4 is 5.32 Å². The summed E-state index contributed by atoms with van der Waals surface area (Å²) >= 11 is 0. The van der Waals surface area contributed by atoms with Gasteiger partial charge in [-0.05, 0) is 45.1 Å². The van der Waals surface area contributed by atoms with E-state index in [1.54, 1.807) is 6.07 Å². The van der Waals surface area contributed by atoms with Crippen molar-refractivity contribution in [3.8, 4) is 0 Å². The van der Waals surface area contributed by atoms with Crippen molar-refractivity contribution >= 4 is 23.7 Å². The number of urea groups is 1. The highest BCUT2D eigenvalue weighted by atomic mass is 16.5. The van der Waals surface area contributed by atoms with E-state index in [-0.39, 0.29) is 17.6 Å². The maximum absolute atomic E-state index is 12.9. The topological polar surface area (TPSA) is 97.7 Å². The molecule has 1 aromatic heterocycles. The number of carbonyl (C=O) groups is 4. The first-order valence-corrected chi connectivity index (χ1v) is 10.7. The summed E-state index contributed by atoms with van der Waals surface area (Å²) in [7, 11) is 0. The number of nitrogens with zero attached hydrogens (tertiary/aromatic N) is 2. The van der Waals surface area contributed by atoms with Crippen LogP contribution in [0.15, 0.2) is 6.07 Å². The normalized spacial score (nSPS) is 23.7. The van der Waals surface area contributed by atoms with Crippen molar-refractivity contribution in [3.05, 3.63) is 23.0 Å². The predicted octanol–water partition coefficient (Wildman–Crippen LogP) is 2.74. The molecule has 1 spiro atoms. The van der Waals surface area contributed by atoms with Crippen molar-refractivity contribution < 1.29 is 23.9 Å². The van der Waals surface area contributed by atoms with Crippen LogP contribution in [0.1, 0.15) is 67.7 Å². The fourth-order valence-corrected chi connectivity index (χ4v) is 4.69. The molecular formula is C22H31N3O5. The Morgan fingerprint density at radius 2 is 2.00 bits per heavy atom. The lowest BCUT2D eigenvalue weighted by atomic mass is 9.73. The van der Waals surface area contributed by atoms with Crippen LogP contribution in [0, 0.1) is 19.8 Å². The molecule has 1 aliphatic carbocycles. The second-order valence-corrected chi connectivity index (χ2v) is 8.46. The average Bonchev–Trinajstić information content (AvgIpc) is 3.12. The molecule has 164 valence electrons. The van der Waals surface area contributed by atoms with Crippen LogP contribution in [0.5, 0.6) is 0 Å². The van der Waals surface area contributed by atoms with Crippen molar-refractivity contribution in [1.82, 2.24) is 14.8 Å². The van der Waals surface area contributed by atoms with E-state index in [9.17, 15) is 19.2 Å². The number of hydrogen-bond acceptors (Lipinski definition) is 5. The van der Waals surface area contributed by atoms with Gasteiger partial charge in [0.2, 0.25) is 5.78 Å². The minimum absolute atomic E-state index is 0.0173. The fraction of sp³-hybridized carbons (Fsp3) is 0.636. The maximum Gasteiger partial charge on any atom is 0.326 e. The number of Topliss-reactive ketones (excluding diaryl/α,β-unsaturated/α-hetero) is 1. The van der Waals surface area contributed by atoms with Gasteiger partial charge in [-0.2, -0.15) is 0 Å². The molecule has 1 aromatic rings. The van der Waals surface area contributed by atoms with E-state index in [1.165, 1.54) is 0 Å². The molecule has 0 aromatic carbocycles. The van der Waals surface area contributed by atoms with Gasteiger partial charge in [0.25, 0.3) is 5.91 Å². The number of ether oxygens (including phenoxy) is 1. The number of imide groups is 1. The van der Waals surface area contributed by atoms with Gasteiger partial charge in [-0.1, -0.05) is 26.7 Å². The van der Waals surface area contributed by atoms with Crippen LogP contribution in [0.2, 0.25) is 0 Å². The first kappa shape index (κ1) is 22.1. The summed E-state index contributed by atoms with van der Waals surface area (Å²) in [6.45, 7) is 7.74. The van der Waals surface area contributed by atoms with Gasteiger partial charge in [0.05, 0.1) is 0 Å². The van der Waals surface area contributed by atoms with E-state index in [1.807, 2.05) is 20.8 Å². The standard InChI is InChI=1S/C22H31N3O5/c1-5-10-24-15(3)11-17(16(24)4)18(26)13-30-19(27)12-25-20(28)22(23-21(25)29)9-7-6-8-14(22)2/h11,14H,5-10,12-13H2,1-4H3,(H,23,29)/t14-,22+/m1/s1. The Labute approximate surface area is 176 Å². The zero-order valence-corrected chi connectivity index (χ0v) is 18.2. The van der Waals surface area contributed by atoms with Gasteiger partial charge in [-0.3, -0.25) is 19.3 Å². The van der Waals surface area contributed by atoms with Crippen molar-refractivity contribution in [2.75, 3.05) is 13.2 Å². The van der Waals surface area contributed by atoms with E-state index in [0.29, 0.717) is 12.0 Å². The van der Waals surface area contributed by atoms with Gasteiger partial charge in [-0.25, -0.2) is 4.79 Å². The third kappa shape index (κ3) is 3.87. The van der Waals surface area contributed by atoms with E-state index in [0.717, 1.165) is 48.5 Å². The highest BCUT2D eigenvalue weighted by Gasteiger charge is 2.55. The summed E-state index contributed by atoms with van der Waals surface area (Å²) in [5, 5.41) is 2.80. The molecule has 1 saturated heterocycles. The molecule has 2 fully saturated rings. The second-order valence-electron chi connectivity index (χ2n) is 8.46. The Morgan fingerprint density at radius 1 is 1.27 bits per heavy atom. The monoisotopic (exact) mass is 417 g/mol. The summed E-state index contributed by atoms with van der Waals surface area (Å²) < 4.78 is 7.17. The Morgan fingerprint density at radius 3 is 2.67 bits per heavy atom. The first-order valence-electron chi connectivity index (χ1n) is 10.7. The molecule has 3 amide bonds. The number of carbonyl (C=O) groups excluding carboxylic acids is 4. The molecule has 30 heavy (non-hydrogen) atoms. The molecule has 8 heteroatoms. The third-order valence-electron chi connectivity index (χ3n) is 6.47. The van der Waals surface area contributed by atoms with Crippen molar-refractivity contribution in [1.29, 1.82) is 0 Å². The Hall–Kier alpha value is -2.64. The number of nitrogens with one attached hydrogen (secondary N) is 1. The smallest absolute Gasteiger partial charge is 0.326 e. The first-order chi connectivity index (χ1) is 14.2. The predicted molar refractivity (Wildman–Crippen MR) is 110 cm³/mol. The molecule has 2 heterocycles. The quantitative estimate of drug-likeness (QED) is 0.418. The van der Waals surface area contributed by atoms with Crippen LogP contribution in [0.4, 0.5) is 4.79 Å². The zero-order valence-electron chi connectivity index (χ0n) is 18.2. The number of esters is 1. The summed E-state index contributed by atoms with van der Waals surface area (Å²) in [5.74, 6) is -1.42. The van der Waals surface area contributed by atoms with Crippen LogP contribution in [0.3, 0.4) is 0 Å². The van der Waals surface area contributed by atoms with Crippen molar-refractivity contribution in [2.24, 2.45) is 5.92 Å². The van der Waals surface area contributed by atoms with Gasteiger partial charge >= 0.3 is 12.0 Å². The third-order valence-corrected chi connectivity index (χ3v) is 6.47. The highest BCUT2D eigenvalue weighted by molar-refractivity contribution is 6.09. The molecule has 8 nitrogen and oxygen atoms in total. The van der Waals surface area contributed by atoms with E-state index in [2.05, 4.69) is 16.8 Å². The van der Waals surface area contributed by atoms with Gasteiger partial charge in [0, 0.05) is 23.5 Å². The lowest BCUT2D eigenvalue weighted by Gasteiger charge is -2.36. The summed E-state index contributed by atoms with van der Waals surface area (Å²) in [5.41, 5.74) is 1.44. The Bertz CT molecular complexity index is 874. The van der Waals surface area contributed by atoms with E-state index < -0.39 is 30.7 Å². The van der Waals surface area contributed by atoms with Gasteiger partial charge in [0.15, 0.2) is 6.61 Å². The number of aromatic nitrogens is 1. The molecule has 0 radical (unpaired) electrons. The molecule has 0 bridgehead atoms. The second kappa shape index (κ2) is 8.62. The van der Waals surface area contributed by atoms with Crippen LogP contribution in [-0.2, 0) is 20.9 Å². The van der Waals surface area contributed by atoms with Gasteiger partial charge in [0.1, 0.15) is 12.1 Å². The largest absolute Gasteiger partial charge is 0.456 e. The number of ketones is 1. The summed E-state index contributed by atoms with van der Waals surface area (Å²) in [6.07, 6.45) is 4.27. The Balaban J connectivity index is 1.60. The van der Waals surface area contributed by atoms with Crippen LogP contribution >= 0.6 is 0 Å². The fourth-order valence-electron chi connectivity index (χ4n) is 4.69. The van der Waals surface area contributed by atoms with Crippen LogP contribution in [0.25, 0.3) is 0 Å². The SMILES string of the molecule is CCCn1c(C)cc(C(=O)COC(=O)CN2C(=O)N[C@]3(CCCC[C@H]3C)C2=O)c1C. The minimum atomic E-state index is -0.914. The maximum atomic E-state index is 12.9. The van der Waals surface area contributed by atoms with Gasteiger partial charge < -0.3 is 14.6 Å². The molecule has 2 aliphatic rings. The van der Waals surface area contributed by atoms with Crippen molar-refractivity contribution in [2.45, 2.75) is 71.9 Å². The van der Waals surface area contributed by atoms with Crippen LogP contribution in [-0.4, -0.2) is 51.8 Å². The molecule has 1 aliphatic heterocycles. The van der Waals surface area contributed by atoms with Gasteiger partial charge in [-0.15, -0.1) is 0 Å². The number of amides is 3. The van der Waals surface area contributed by atoms with E-state index >= 15 is 0 Å². The Kier molecular flexibility index (Phi) is 6.33. The average molecular weight is 418 g/mol. The molecular weight excluding hydrogens is 386 g/mol. The lowest BCUT2D eigenvalue weighted by molar-refractivity contribution is -0.147.